The Bertz CT molecular complexity index is 2910. The van der Waals surface area contributed by atoms with E-state index in [9.17, 15) is 51.9 Å². The van der Waals surface area contributed by atoms with E-state index in [-0.39, 0.29) is 44.8 Å². The van der Waals surface area contributed by atoms with Crippen LogP contribution < -0.4 is 21.1 Å². The molecular formula is C32H24N6O14S4. The van der Waals surface area contributed by atoms with Gasteiger partial charge in [-0.3, -0.25) is 18.2 Å². The van der Waals surface area contributed by atoms with Crippen molar-refractivity contribution in [3.8, 4) is 22.6 Å². The summed E-state index contributed by atoms with van der Waals surface area (Å²) in [7, 11) is -19.2. The third-order valence-electron chi connectivity index (χ3n) is 7.85. The van der Waals surface area contributed by atoms with Gasteiger partial charge >= 0.3 is 0 Å². The molecule has 0 bridgehead atoms. The summed E-state index contributed by atoms with van der Waals surface area (Å²) in [5.41, 5.74) is 11.1. The Hall–Kier alpha value is -6.12. The largest absolute Gasteiger partial charge is 0.398 e. The summed E-state index contributed by atoms with van der Waals surface area (Å²) in [6.45, 7) is 0. The van der Waals surface area contributed by atoms with E-state index >= 15 is 0 Å². The van der Waals surface area contributed by atoms with Crippen LogP contribution in [0.4, 0.5) is 22.7 Å². The van der Waals surface area contributed by atoms with Crippen LogP contribution in [-0.4, -0.2) is 51.9 Å². The molecule has 0 radical (unpaired) electrons. The molecule has 20 nitrogen and oxygen atoms in total. The highest BCUT2D eigenvalue weighted by Crippen LogP contribution is 2.36. The van der Waals surface area contributed by atoms with Gasteiger partial charge in [0.2, 0.25) is 0 Å². The predicted molar refractivity (Wildman–Crippen MR) is 198 cm³/mol. The molecule has 24 heteroatoms. The Kier molecular flexibility index (Phi) is 10.3. The minimum atomic E-state index is -4.99. The zero-order chi connectivity index (χ0) is 40.8. The van der Waals surface area contributed by atoms with Gasteiger partial charge in [-0.15, -0.1) is 10.2 Å². The first kappa shape index (κ1) is 39.6. The van der Waals surface area contributed by atoms with Crippen LogP contribution in [0.2, 0.25) is 0 Å². The molecule has 0 unspecified atom stereocenters. The van der Waals surface area contributed by atoms with Gasteiger partial charge < -0.3 is 21.1 Å². The third-order valence-corrected chi connectivity index (χ3v) is 11.3. The summed E-state index contributed by atoms with van der Waals surface area (Å²) in [6.07, 6.45) is 0. The van der Waals surface area contributed by atoms with E-state index in [0.29, 0.717) is 10.8 Å². The first-order valence-corrected chi connectivity index (χ1v) is 20.8. The normalized spacial score (nSPS) is 12.9. The summed E-state index contributed by atoms with van der Waals surface area (Å²) < 4.78 is 134. The fraction of sp³-hybridized carbons (Fsp3) is 0. The number of hydrogen-bond donors (Lipinski definition) is 6. The first-order valence-electron chi connectivity index (χ1n) is 15.1. The van der Waals surface area contributed by atoms with Crippen molar-refractivity contribution >= 4 is 84.8 Å². The molecule has 0 aliphatic heterocycles. The molecule has 0 aliphatic rings. The van der Waals surface area contributed by atoms with E-state index in [1.807, 2.05) is 0 Å². The van der Waals surface area contributed by atoms with Crippen molar-refractivity contribution in [2.24, 2.45) is 20.8 Å². The van der Waals surface area contributed by atoms with E-state index in [2.05, 4.69) is 20.8 Å². The monoisotopic (exact) mass is 844 g/mol. The fourth-order valence-electron chi connectivity index (χ4n) is 5.30. The Labute approximate surface area is 316 Å². The molecule has 6 rings (SSSR count). The Morgan fingerprint density at radius 1 is 0.446 bits per heavy atom. The zero-order valence-electron chi connectivity index (χ0n) is 27.7. The van der Waals surface area contributed by atoms with E-state index in [1.165, 1.54) is 48.5 Å². The van der Waals surface area contributed by atoms with E-state index in [1.54, 1.807) is 0 Å². The van der Waals surface area contributed by atoms with Gasteiger partial charge in [0.25, 0.3) is 40.5 Å². The van der Waals surface area contributed by atoms with Crippen LogP contribution in [0.5, 0.6) is 11.5 Å². The van der Waals surface area contributed by atoms with Crippen LogP contribution in [0.15, 0.2) is 137 Å². The SMILES string of the molecule is Nc1cc(S(=O)(=O)O)cc2cc(ON=Nc3ccc(-c4ccc(N=NOc5ccc6c(N)cc(S(=O)(=O)O)cc6c5)c(S(=O)(=O)O)c4)cc3S(=O)(=O)O)ccc12. The fourth-order valence-corrected chi connectivity index (χ4v) is 7.70. The van der Waals surface area contributed by atoms with Crippen molar-refractivity contribution < 1.29 is 61.6 Å². The molecule has 0 aromatic heterocycles. The molecule has 0 saturated carbocycles. The average Bonchev–Trinajstić information content (AvgIpc) is 3.10. The van der Waals surface area contributed by atoms with Crippen LogP contribution in [-0.2, 0) is 40.5 Å². The number of nitrogens with two attached hydrogens (primary N) is 2. The van der Waals surface area contributed by atoms with Crippen molar-refractivity contribution in [2.45, 2.75) is 19.6 Å². The first-order chi connectivity index (χ1) is 26.1. The number of anilines is 2. The van der Waals surface area contributed by atoms with Crippen molar-refractivity contribution in [3.63, 3.8) is 0 Å². The Balaban J connectivity index is 1.26. The molecular weight excluding hydrogens is 821 g/mol. The summed E-state index contributed by atoms with van der Waals surface area (Å²) in [4.78, 5) is 7.90. The molecule has 0 fully saturated rings. The highest BCUT2D eigenvalue weighted by molar-refractivity contribution is 7.86. The van der Waals surface area contributed by atoms with Gasteiger partial charge in [0.05, 0.1) is 9.79 Å². The second-order valence-electron chi connectivity index (χ2n) is 11.6. The van der Waals surface area contributed by atoms with E-state index in [0.717, 1.165) is 48.5 Å². The molecule has 6 aromatic rings. The number of nitrogen functional groups attached to an aromatic ring is 2. The van der Waals surface area contributed by atoms with Crippen LogP contribution in [0, 0.1) is 0 Å². The molecule has 56 heavy (non-hydrogen) atoms. The number of rotatable bonds is 11. The van der Waals surface area contributed by atoms with Gasteiger partial charge in [-0.2, -0.15) is 33.7 Å². The highest BCUT2D eigenvalue weighted by atomic mass is 32.2. The number of hydrogen-bond acceptors (Lipinski definition) is 16. The molecule has 0 amide bonds. The molecule has 290 valence electrons. The Morgan fingerprint density at radius 2 is 0.821 bits per heavy atom. The molecule has 8 N–H and O–H groups in total. The van der Waals surface area contributed by atoms with E-state index in [4.69, 9.17) is 21.1 Å². The van der Waals surface area contributed by atoms with Gasteiger partial charge in [0.15, 0.2) is 11.5 Å². The van der Waals surface area contributed by atoms with E-state index < -0.39 is 71.4 Å². The maximum atomic E-state index is 12.3. The van der Waals surface area contributed by atoms with Crippen molar-refractivity contribution in [2.75, 3.05) is 11.5 Å². The van der Waals surface area contributed by atoms with Gasteiger partial charge in [-0.05, 0) is 107 Å². The van der Waals surface area contributed by atoms with Crippen molar-refractivity contribution in [1.29, 1.82) is 0 Å². The standard InChI is InChI=1S/C32H24N6O14S4/c33-27-15-23(53(39,40)41)11-19-9-21(3-5-25(19)27)51-37-35-29-7-1-17(13-31(29)55(45,46)47)18-2-8-30(32(14-18)56(48,49)50)36-38-52-22-4-6-26-20(10-22)12-24(16-28(26)34)54(42,43)44/h1-16H,33-34H2,(H,39,40,41)(H,42,43,44)(H,45,46,47)(H,48,49,50). The number of benzene rings is 6. The lowest BCUT2D eigenvalue weighted by molar-refractivity contribution is 0.312. The maximum Gasteiger partial charge on any atom is 0.296 e. The maximum absolute atomic E-state index is 12.3. The highest BCUT2D eigenvalue weighted by Gasteiger charge is 2.21. The zero-order valence-corrected chi connectivity index (χ0v) is 31.0. The number of nitrogens with zero attached hydrogens (tertiary/aromatic N) is 4. The van der Waals surface area contributed by atoms with Gasteiger partial charge in [0, 0.05) is 32.7 Å². The van der Waals surface area contributed by atoms with Gasteiger partial charge in [-0.25, -0.2) is 0 Å². The smallest absolute Gasteiger partial charge is 0.296 e. The van der Waals surface area contributed by atoms with Crippen molar-refractivity contribution in [3.05, 3.63) is 97.1 Å². The lowest BCUT2D eigenvalue weighted by atomic mass is 10.0. The quantitative estimate of drug-likeness (QED) is 0.0379. The summed E-state index contributed by atoms with van der Waals surface area (Å²) >= 11 is 0. The molecule has 0 atom stereocenters. The van der Waals surface area contributed by atoms with Crippen LogP contribution in [0.3, 0.4) is 0 Å². The van der Waals surface area contributed by atoms with Crippen molar-refractivity contribution in [1.82, 2.24) is 0 Å². The second-order valence-corrected chi connectivity index (χ2v) is 17.2. The molecule has 0 aliphatic carbocycles. The van der Waals surface area contributed by atoms with Crippen LogP contribution in [0.25, 0.3) is 32.7 Å². The number of fused-ring (bicyclic) bond motifs is 2. The van der Waals surface area contributed by atoms with Crippen LogP contribution in [0.1, 0.15) is 0 Å². The molecule has 6 aromatic carbocycles. The molecule has 0 heterocycles. The summed E-state index contributed by atoms with van der Waals surface area (Å²) in [6, 6.07) is 19.4. The topological polar surface area (TPSA) is 337 Å². The lowest BCUT2D eigenvalue weighted by Crippen LogP contribution is -2.01. The van der Waals surface area contributed by atoms with Gasteiger partial charge in [-0.1, -0.05) is 12.1 Å². The van der Waals surface area contributed by atoms with Gasteiger partial charge in [0.1, 0.15) is 21.2 Å². The summed E-state index contributed by atoms with van der Waals surface area (Å²) in [5, 5.41) is 15.7. The second kappa shape index (κ2) is 14.5. The Morgan fingerprint density at radius 3 is 1.16 bits per heavy atom. The van der Waals surface area contributed by atoms with Crippen LogP contribution >= 0.6 is 0 Å². The average molecular weight is 845 g/mol. The minimum Gasteiger partial charge on any atom is -0.398 e. The minimum absolute atomic E-state index is 0.00439. The summed E-state index contributed by atoms with van der Waals surface area (Å²) in [5.74, 6) is -0.00878. The molecule has 0 spiro atoms. The molecule has 0 saturated heterocycles. The predicted octanol–water partition coefficient (Wildman–Crippen LogP) is 5.97. The lowest BCUT2D eigenvalue weighted by Gasteiger charge is -2.09. The third kappa shape index (κ3) is 8.72.